The molecular formula is C14H22OTe. The van der Waals surface area contributed by atoms with E-state index in [1.807, 2.05) is 12.1 Å². The van der Waals surface area contributed by atoms with E-state index in [-0.39, 0.29) is 20.9 Å². The Hall–Kier alpha value is -0.190. The van der Waals surface area contributed by atoms with E-state index >= 15 is 0 Å². The van der Waals surface area contributed by atoms with Crippen LogP contribution in [0.5, 0.6) is 5.75 Å². The first-order chi connectivity index (χ1) is 7.84. The zero-order valence-electron chi connectivity index (χ0n) is 10.1. The van der Waals surface area contributed by atoms with Crippen molar-refractivity contribution in [2.24, 2.45) is 0 Å². The quantitative estimate of drug-likeness (QED) is 0.570. The van der Waals surface area contributed by atoms with E-state index < -0.39 is 0 Å². The molecule has 90 valence electrons. The summed E-state index contributed by atoms with van der Waals surface area (Å²) in [6.45, 7) is 2.25. The van der Waals surface area contributed by atoms with Crippen LogP contribution in [0.3, 0.4) is 0 Å². The molecule has 0 bridgehead atoms. The number of hydrogen-bond donors (Lipinski definition) is 1. The maximum absolute atomic E-state index is 9.62. The van der Waals surface area contributed by atoms with Crippen molar-refractivity contribution in [2.45, 2.75) is 49.9 Å². The molecule has 1 rings (SSSR count). The zero-order valence-corrected chi connectivity index (χ0v) is 12.4. The molecule has 0 spiro atoms. The van der Waals surface area contributed by atoms with Crippen LogP contribution in [0.2, 0.25) is 4.47 Å². The number of phenols is 1. The van der Waals surface area contributed by atoms with E-state index in [4.69, 9.17) is 0 Å². The Morgan fingerprint density at radius 2 is 1.69 bits per heavy atom. The second kappa shape index (κ2) is 8.90. The molecule has 1 nitrogen and oxygen atoms in total. The van der Waals surface area contributed by atoms with Gasteiger partial charge in [0.25, 0.3) is 0 Å². The molecule has 0 fully saturated rings. The average Bonchev–Trinajstić information content (AvgIpc) is 2.30. The Bertz CT molecular complexity index is 286. The summed E-state index contributed by atoms with van der Waals surface area (Å²) < 4.78 is 2.55. The molecule has 0 aliphatic carbocycles. The Labute approximate surface area is 109 Å². The molecule has 0 saturated heterocycles. The van der Waals surface area contributed by atoms with Crippen LogP contribution in [0.25, 0.3) is 0 Å². The zero-order chi connectivity index (χ0) is 11.6. The van der Waals surface area contributed by atoms with E-state index in [1.54, 1.807) is 6.07 Å². The minimum absolute atomic E-state index is 0.150. The summed E-state index contributed by atoms with van der Waals surface area (Å²) in [6, 6.07) is 7.81. The van der Waals surface area contributed by atoms with Crippen LogP contribution >= 0.6 is 0 Å². The second-order valence-corrected chi connectivity index (χ2v) is 7.33. The summed E-state index contributed by atoms with van der Waals surface area (Å²) >= 11 is -0.150. The van der Waals surface area contributed by atoms with Crippen molar-refractivity contribution in [2.75, 3.05) is 0 Å². The topological polar surface area (TPSA) is 20.2 Å². The van der Waals surface area contributed by atoms with E-state index in [9.17, 15) is 5.11 Å². The first-order valence-electron chi connectivity index (χ1n) is 6.25. The summed E-state index contributed by atoms with van der Waals surface area (Å²) in [5.41, 5.74) is 0. The molecule has 0 aromatic heterocycles. The van der Waals surface area contributed by atoms with Gasteiger partial charge in [0.1, 0.15) is 0 Å². The number of phenolic OH excluding ortho intramolecular Hbond substituents is 1. The third kappa shape index (κ3) is 5.77. The summed E-state index contributed by atoms with van der Waals surface area (Å²) in [7, 11) is 0. The van der Waals surface area contributed by atoms with Crippen LogP contribution in [0, 0.1) is 0 Å². The number of hydrogen-bond acceptors (Lipinski definition) is 1. The SMILES string of the molecule is CCCCCCCC[Te]c1ccccc1O. The van der Waals surface area contributed by atoms with Gasteiger partial charge in [-0.15, -0.1) is 0 Å². The summed E-state index contributed by atoms with van der Waals surface area (Å²) in [5.74, 6) is 0.510. The van der Waals surface area contributed by atoms with E-state index in [0.29, 0.717) is 5.75 Å². The van der Waals surface area contributed by atoms with E-state index in [2.05, 4.69) is 13.0 Å². The van der Waals surface area contributed by atoms with Gasteiger partial charge in [-0.25, -0.2) is 0 Å². The fourth-order valence-electron chi connectivity index (χ4n) is 1.64. The van der Waals surface area contributed by atoms with Crippen molar-refractivity contribution in [3.63, 3.8) is 0 Å². The molecule has 0 radical (unpaired) electrons. The van der Waals surface area contributed by atoms with Crippen LogP contribution in [0.15, 0.2) is 24.3 Å². The molecule has 0 atom stereocenters. The van der Waals surface area contributed by atoms with Gasteiger partial charge in [0.15, 0.2) is 0 Å². The van der Waals surface area contributed by atoms with Gasteiger partial charge in [-0.05, 0) is 0 Å². The van der Waals surface area contributed by atoms with Crippen LogP contribution in [-0.2, 0) is 0 Å². The number of unbranched alkanes of at least 4 members (excludes halogenated alkanes) is 5. The molecular weight excluding hydrogens is 312 g/mol. The van der Waals surface area contributed by atoms with Gasteiger partial charge in [-0.3, -0.25) is 0 Å². The molecule has 16 heavy (non-hydrogen) atoms. The molecule has 0 aliphatic heterocycles. The molecule has 2 heteroatoms. The van der Waals surface area contributed by atoms with Gasteiger partial charge in [0, 0.05) is 0 Å². The van der Waals surface area contributed by atoms with Gasteiger partial charge >= 0.3 is 110 Å². The number of para-hydroxylation sites is 1. The molecule has 0 unspecified atom stereocenters. The molecule has 0 heterocycles. The Kier molecular flexibility index (Phi) is 7.72. The van der Waals surface area contributed by atoms with E-state index in [0.717, 1.165) is 0 Å². The predicted molar refractivity (Wildman–Crippen MR) is 71.7 cm³/mol. The predicted octanol–water partition coefficient (Wildman–Crippen LogP) is 3.50. The standard InChI is InChI=1S/C14H22OTe/c1-2-3-4-5-6-9-12-16-14-11-8-7-10-13(14)15/h7-8,10-11,15H,2-6,9,12H2,1H3. The summed E-state index contributed by atoms with van der Waals surface area (Å²) in [6.07, 6.45) is 8.22. The van der Waals surface area contributed by atoms with E-state index in [1.165, 1.54) is 46.6 Å². The van der Waals surface area contributed by atoms with Crippen LogP contribution in [-0.4, -0.2) is 26.0 Å². The monoisotopic (exact) mass is 336 g/mol. The normalized spacial score (nSPS) is 10.6. The molecule has 0 aliphatic rings. The Balaban J connectivity index is 2.05. The van der Waals surface area contributed by atoms with Crippen molar-refractivity contribution in [3.05, 3.63) is 24.3 Å². The van der Waals surface area contributed by atoms with Crippen LogP contribution < -0.4 is 3.61 Å². The Morgan fingerprint density at radius 3 is 2.44 bits per heavy atom. The fourth-order valence-corrected chi connectivity index (χ4v) is 4.38. The van der Waals surface area contributed by atoms with Crippen molar-refractivity contribution >= 4 is 24.5 Å². The molecule has 0 amide bonds. The summed E-state index contributed by atoms with van der Waals surface area (Å²) in [5, 5.41) is 9.62. The first kappa shape index (κ1) is 13.9. The second-order valence-electron chi connectivity index (χ2n) is 4.08. The van der Waals surface area contributed by atoms with Crippen molar-refractivity contribution in [3.8, 4) is 5.75 Å². The van der Waals surface area contributed by atoms with Gasteiger partial charge in [0.05, 0.1) is 0 Å². The van der Waals surface area contributed by atoms with Crippen molar-refractivity contribution in [1.82, 2.24) is 0 Å². The number of benzene rings is 1. The van der Waals surface area contributed by atoms with Crippen LogP contribution in [0.1, 0.15) is 45.4 Å². The number of aromatic hydroxyl groups is 1. The summed E-state index contributed by atoms with van der Waals surface area (Å²) in [4.78, 5) is 0. The van der Waals surface area contributed by atoms with Gasteiger partial charge in [-0.1, -0.05) is 0 Å². The third-order valence-corrected chi connectivity index (χ3v) is 5.90. The van der Waals surface area contributed by atoms with Crippen molar-refractivity contribution in [1.29, 1.82) is 0 Å². The first-order valence-corrected chi connectivity index (χ1v) is 9.06. The Morgan fingerprint density at radius 1 is 1.00 bits per heavy atom. The fraction of sp³-hybridized carbons (Fsp3) is 0.571. The molecule has 1 N–H and O–H groups in total. The third-order valence-electron chi connectivity index (χ3n) is 2.62. The van der Waals surface area contributed by atoms with Crippen LogP contribution in [0.4, 0.5) is 0 Å². The molecule has 1 aromatic rings. The molecule has 1 aromatic carbocycles. The number of rotatable bonds is 8. The van der Waals surface area contributed by atoms with Crippen molar-refractivity contribution < 1.29 is 5.11 Å². The minimum atomic E-state index is -0.150. The van der Waals surface area contributed by atoms with Gasteiger partial charge in [0.2, 0.25) is 0 Å². The van der Waals surface area contributed by atoms with Gasteiger partial charge < -0.3 is 0 Å². The maximum atomic E-state index is 9.62. The molecule has 0 saturated carbocycles. The van der Waals surface area contributed by atoms with Gasteiger partial charge in [-0.2, -0.15) is 0 Å². The average molecular weight is 334 g/mol.